The Balaban J connectivity index is 1.23. The summed E-state index contributed by atoms with van der Waals surface area (Å²) in [5, 5.41) is 0. The van der Waals surface area contributed by atoms with Crippen LogP contribution in [0.25, 0.3) is 0 Å². The van der Waals surface area contributed by atoms with E-state index in [0.717, 1.165) is 43.6 Å². The average Bonchev–Trinajstić information content (AvgIpc) is 3.63. The molecule has 1 amide bonds. The largest absolute Gasteiger partial charge is 0.486 e. The van der Waals surface area contributed by atoms with Crippen molar-refractivity contribution in [3.63, 3.8) is 0 Å². The number of benzene rings is 1. The van der Waals surface area contributed by atoms with Crippen LogP contribution in [0.2, 0.25) is 0 Å². The molecule has 2 fully saturated rings. The molecule has 5 rings (SSSR count). The lowest BCUT2D eigenvalue weighted by Gasteiger charge is -2.35. The Bertz CT molecular complexity index is 864. The summed E-state index contributed by atoms with van der Waals surface area (Å²) < 4.78 is 11.4. The molecule has 3 aliphatic rings. The fourth-order valence-electron chi connectivity index (χ4n) is 4.27. The highest BCUT2D eigenvalue weighted by molar-refractivity contribution is 5.77. The van der Waals surface area contributed by atoms with Gasteiger partial charge in [-0.15, -0.1) is 0 Å². The van der Waals surface area contributed by atoms with Gasteiger partial charge in [0.05, 0.1) is 0 Å². The molecule has 0 spiro atoms. The maximum absolute atomic E-state index is 13.1. The highest BCUT2D eigenvalue weighted by atomic mass is 16.6. The number of aromatic nitrogens is 2. The number of carbonyl (C=O) groups is 1. The van der Waals surface area contributed by atoms with Gasteiger partial charge in [0.25, 0.3) is 0 Å². The van der Waals surface area contributed by atoms with E-state index >= 15 is 0 Å². The number of amides is 1. The molecule has 0 bridgehead atoms. The van der Waals surface area contributed by atoms with Gasteiger partial charge in [-0.25, -0.2) is 9.97 Å². The molecule has 1 unspecified atom stereocenters. The van der Waals surface area contributed by atoms with E-state index < -0.39 is 0 Å². The minimum atomic E-state index is 0.241. The van der Waals surface area contributed by atoms with Crippen molar-refractivity contribution in [3.05, 3.63) is 42.2 Å². The van der Waals surface area contributed by atoms with E-state index in [9.17, 15) is 4.79 Å². The molecule has 1 aliphatic carbocycles. The lowest BCUT2D eigenvalue weighted by Crippen LogP contribution is -2.49. The molecule has 0 radical (unpaired) electrons. The first kappa shape index (κ1) is 18.2. The minimum Gasteiger partial charge on any atom is -0.486 e. The molecule has 1 saturated carbocycles. The number of hydrogen-bond donors (Lipinski definition) is 0. The summed E-state index contributed by atoms with van der Waals surface area (Å²) in [5.41, 5.74) is 1.20. The average molecular weight is 394 g/mol. The van der Waals surface area contributed by atoms with Crippen molar-refractivity contribution in [1.82, 2.24) is 14.9 Å². The maximum atomic E-state index is 13.1. The van der Waals surface area contributed by atoms with Gasteiger partial charge in [-0.2, -0.15) is 0 Å². The van der Waals surface area contributed by atoms with E-state index in [-0.39, 0.29) is 11.8 Å². The highest BCUT2D eigenvalue weighted by Gasteiger charge is 2.36. The Hall–Kier alpha value is -2.83. The summed E-state index contributed by atoms with van der Waals surface area (Å²) in [6.45, 7) is 4.16. The number of nitrogens with zero attached hydrogens (tertiary/aromatic N) is 4. The first-order valence-corrected chi connectivity index (χ1v) is 10.5. The molecule has 1 saturated heterocycles. The SMILES string of the molecule is O=C(CC(c1ccc2c(c1)OCCO2)C1CC1)N1CCN(c2ncccn2)CC1. The topological polar surface area (TPSA) is 67.8 Å². The molecule has 2 aliphatic heterocycles. The Labute approximate surface area is 170 Å². The third kappa shape index (κ3) is 3.99. The molecule has 7 nitrogen and oxygen atoms in total. The zero-order valence-corrected chi connectivity index (χ0v) is 16.5. The standard InChI is InChI=1S/C22H26N4O3/c27-21(25-8-10-26(11-9-25)22-23-6-1-7-24-22)15-18(16-2-3-16)17-4-5-19-20(14-17)29-13-12-28-19/h1,4-7,14,16,18H,2-3,8-13,15H2. The number of hydrogen-bond acceptors (Lipinski definition) is 6. The Morgan fingerprint density at radius 3 is 2.48 bits per heavy atom. The summed E-state index contributed by atoms with van der Waals surface area (Å²) in [5.74, 6) is 3.45. The molecule has 1 aromatic carbocycles. The van der Waals surface area contributed by atoms with Crippen LogP contribution in [0.4, 0.5) is 5.95 Å². The lowest BCUT2D eigenvalue weighted by atomic mass is 9.90. The summed E-state index contributed by atoms with van der Waals surface area (Å²) in [6, 6.07) is 7.99. The quantitative estimate of drug-likeness (QED) is 0.776. The zero-order valence-electron chi connectivity index (χ0n) is 16.5. The second-order valence-electron chi connectivity index (χ2n) is 7.97. The monoisotopic (exact) mass is 394 g/mol. The molecule has 0 N–H and O–H groups in total. The normalized spacial score (nSPS) is 19.7. The fraction of sp³-hybridized carbons (Fsp3) is 0.500. The van der Waals surface area contributed by atoms with Gasteiger partial charge in [-0.1, -0.05) is 6.07 Å². The van der Waals surface area contributed by atoms with Crippen LogP contribution in [0.5, 0.6) is 11.5 Å². The highest BCUT2D eigenvalue weighted by Crippen LogP contribution is 2.46. The van der Waals surface area contributed by atoms with Crippen molar-refractivity contribution in [1.29, 1.82) is 0 Å². The van der Waals surface area contributed by atoms with E-state index in [0.29, 0.717) is 25.6 Å². The number of fused-ring (bicyclic) bond motifs is 1. The van der Waals surface area contributed by atoms with Gasteiger partial charge in [-0.05, 0) is 48.4 Å². The molecule has 29 heavy (non-hydrogen) atoms. The lowest BCUT2D eigenvalue weighted by molar-refractivity contribution is -0.132. The summed E-state index contributed by atoms with van der Waals surface area (Å²) in [7, 11) is 0. The predicted octanol–water partition coefficient (Wildman–Crippen LogP) is 2.48. The molecule has 1 atom stereocenters. The number of anilines is 1. The van der Waals surface area contributed by atoms with Gasteiger partial charge in [0.1, 0.15) is 13.2 Å². The number of carbonyl (C=O) groups excluding carboxylic acids is 1. The van der Waals surface area contributed by atoms with Gasteiger partial charge in [-0.3, -0.25) is 4.79 Å². The van der Waals surface area contributed by atoms with Crippen molar-refractivity contribution in [2.24, 2.45) is 5.92 Å². The van der Waals surface area contributed by atoms with Crippen LogP contribution >= 0.6 is 0 Å². The number of ether oxygens (including phenoxy) is 2. The molecule has 152 valence electrons. The molecule has 2 aromatic rings. The van der Waals surface area contributed by atoms with E-state index in [1.807, 2.05) is 17.0 Å². The minimum absolute atomic E-state index is 0.241. The van der Waals surface area contributed by atoms with Crippen LogP contribution in [0.15, 0.2) is 36.7 Å². The Morgan fingerprint density at radius 1 is 1.03 bits per heavy atom. The van der Waals surface area contributed by atoms with Gasteiger partial charge < -0.3 is 19.3 Å². The number of piperazine rings is 1. The van der Waals surface area contributed by atoms with Crippen molar-refractivity contribution in [2.75, 3.05) is 44.3 Å². The van der Waals surface area contributed by atoms with E-state index in [1.54, 1.807) is 12.4 Å². The van der Waals surface area contributed by atoms with Crippen LogP contribution < -0.4 is 14.4 Å². The van der Waals surface area contributed by atoms with Crippen molar-refractivity contribution < 1.29 is 14.3 Å². The van der Waals surface area contributed by atoms with E-state index in [4.69, 9.17) is 9.47 Å². The molecule has 1 aromatic heterocycles. The molecule has 7 heteroatoms. The molecular weight excluding hydrogens is 368 g/mol. The Kier molecular flexibility index (Phi) is 4.96. The second kappa shape index (κ2) is 7.89. The van der Waals surface area contributed by atoms with Gasteiger partial charge in [0.15, 0.2) is 11.5 Å². The fourth-order valence-corrected chi connectivity index (χ4v) is 4.27. The first-order chi connectivity index (χ1) is 14.3. The van der Waals surface area contributed by atoms with E-state index in [1.165, 1.54) is 18.4 Å². The van der Waals surface area contributed by atoms with Crippen LogP contribution in [-0.4, -0.2) is 60.2 Å². The first-order valence-electron chi connectivity index (χ1n) is 10.5. The van der Waals surface area contributed by atoms with Gasteiger partial charge in [0, 0.05) is 45.0 Å². The van der Waals surface area contributed by atoms with Gasteiger partial charge >= 0.3 is 0 Å². The predicted molar refractivity (Wildman–Crippen MR) is 108 cm³/mol. The Morgan fingerprint density at radius 2 is 1.76 bits per heavy atom. The summed E-state index contributed by atoms with van der Waals surface area (Å²) >= 11 is 0. The van der Waals surface area contributed by atoms with Crippen LogP contribution in [0, 0.1) is 5.92 Å². The second-order valence-corrected chi connectivity index (χ2v) is 7.97. The molecule has 3 heterocycles. The third-order valence-corrected chi connectivity index (χ3v) is 6.05. The van der Waals surface area contributed by atoms with Crippen LogP contribution in [0.3, 0.4) is 0 Å². The summed E-state index contributed by atoms with van der Waals surface area (Å²) in [6.07, 6.45) is 6.48. The van der Waals surface area contributed by atoms with Crippen molar-refractivity contribution in [3.8, 4) is 11.5 Å². The summed E-state index contributed by atoms with van der Waals surface area (Å²) in [4.78, 5) is 25.8. The van der Waals surface area contributed by atoms with Crippen molar-refractivity contribution >= 4 is 11.9 Å². The zero-order chi connectivity index (χ0) is 19.6. The maximum Gasteiger partial charge on any atom is 0.225 e. The van der Waals surface area contributed by atoms with E-state index in [2.05, 4.69) is 27.0 Å². The van der Waals surface area contributed by atoms with Gasteiger partial charge in [0.2, 0.25) is 11.9 Å². The van der Waals surface area contributed by atoms with Crippen LogP contribution in [-0.2, 0) is 4.79 Å². The smallest absolute Gasteiger partial charge is 0.225 e. The number of rotatable bonds is 5. The van der Waals surface area contributed by atoms with Crippen LogP contribution in [0.1, 0.15) is 30.7 Å². The molecular formula is C22H26N4O3. The van der Waals surface area contributed by atoms with Crippen molar-refractivity contribution in [2.45, 2.75) is 25.2 Å². The third-order valence-electron chi connectivity index (χ3n) is 6.05.